The Bertz CT molecular complexity index is 83.4. The summed E-state index contributed by atoms with van der Waals surface area (Å²) in [6.07, 6.45) is -1.17. The van der Waals surface area contributed by atoms with E-state index in [1.165, 1.54) is 0 Å². The van der Waals surface area contributed by atoms with Gasteiger partial charge in [0, 0.05) is 6.61 Å². The van der Waals surface area contributed by atoms with Crippen molar-refractivity contribution < 1.29 is 14.6 Å². The van der Waals surface area contributed by atoms with Crippen LogP contribution in [0.3, 0.4) is 0 Å². The Morgan fingerprint density at radius 1 is 2.00 bits per heavy atom. The number of hydrogen-bond donors (Lipinski definition) is 2. The smallest absolute Gasteiger partial charge is 0.347 e. The fourth-order valence-corrected chi connectivity index (χ4v) is 0.251. The van der Waals surface area contributed by atoms with E-state index in [2.05, 4.69) is 4.74 Å². The number of carboxylic acid groups (broad SMARTS) is 1. The van der Waals surface area contributed by atoms with Gasteiger partial charge in [0.25, 0.3) is 0 Å². The molecule has 3 N–H and O–H groups in total. The van der Waals surface area contributed by atoms with Crippen molar-refractivity contribution in [1.82, 2.24) is 0 Å². The third kappa shape index (κ3) is 2.54. The van der Waals surface area contributed by atoms with Gasteiger partial charge in [-0.3, -0.25) is 5.73 Å². The van der Waals surface area contributed by atoms with Crippen LogP contribution >= 0.6 is 0 Å². The van der Waals surface area contributed by atoms with Gasteiger partial charge in [0.05, 0.1) is 0 Å². The molecule has 0 aliphatic heterocycles. The summed E-state index contributed by atoms with van der Waals surface area (Å²) in [5, 5.41) is 8.06. The predicted molar refractivity (Wildman–Crippen MR) is 27.2 cm³/mol. The first-order valence-electron chi connectivity index (χ1n) is 2.28. The first-order chi connectivity index (χ1) is 3.68. The molecule has 0 aliphatic rings. The molecule has 0 aromatic heterocycles. The van der Waals surface area contributed by atoms with E-state index in [0.717, 1.165) is 0 Å². The van der Waals surface area contributed by atoms with E-state index in [4.69, 9.17) is 10.8 Å². The molecule has 0 heterocycles. The molecule has 4 heteroatoms. The monoisotopic (exact) mass is 119 g/mol. The standard InChI is InChI=1S/C4H9NO3/c1-2-8-3(5)4(6)7/h3H,2,5H2,1H3,(H,6,7). The quantitative estimate of drug-likeness (QED) is 0.486. The number of carbonyl (C=O) groups is 1. The van der Waals surface area contributed by atoms with Gasteiger partial charge in [-0.05, 0) is 6.92 Å². The lowest BCUT2D eigenvalue weighted by Crippen LogP contribution is -2.32. The SMILES string of the molecule is CCOC(N)C(=O)O. The first kappa shape index (κ1) is 7.39. The number of ether oxygens (including phenoxy) is 1. The van der Waals surface area contributed by atoms with Crippen molar-refractivity contribution in [2.75, 3.05) is 6.61 Å². The molecule has 0 aromatic carbocycles. The summed E-state index contributed by atoms with van der Waals surface area (Å²) < 4.78 is 4.48. The van der Waals surface area contributed by atoms with Gasteiger partial charge >= 0.3 is 5.97 Å². The summed E-state index contributed by atoms with van der Waals surface area (Å²) in [5.74, 6) is -1.13. The summed E-state index contributed by atoms with van der Waals surface area (Å²) in [6.45, 7) is 2.01. The predicted octanol–water partition coefficient (Wildman–Crippen LogP) is -0.608. The number of aliphatic carboxylic acids is 1. The normalized spacial score (nSPS) is 13.2. The lowest BCUT2D eigenvalue weighted by atomic mass is 10.6. The molecule has 8 heavy (non-hydrogen) atoms. The summed E-state index contributed by atoms with van der Waals surface area (Å²) >= 11 is 0. The molecule has 0 aliphatic carbocycles. The van der Waals surface area contributed by atoms with Crippen LogP contribution in [-0.2, 0) is 9.53 Å². The Morgan fingerprint density at radius 2 is 2.50 bits per heavy atom. The minimum atomic E-state index is -1.17. The van der Waals surface area contributed by atoms with Gasteiger partial charge in [-0.1, -0.05) is 0 Å². The second-order valence-electron chi connectivity index (χ2n) is 1.21. The molecule has 48 valence electrons. The molecule has 0 saturated carbocycles. The molecule has 4 nitrogen and oxygen atoms in total. The summed E-state index contributed by atoms with van der Waals surface area (Å²) in [4.78, 5) is 9.84. The zero-order chi connectivity index (χ0) is 6.57. The number of hydrogen-bond acceptors (Lipinski definition) is 3. The topological polar surface area (TPSA) is 72.5 Å². The highest BCUT2D eigenvalue weighted by Gasteiger charge is 2.08. The number of carboxylic acids is 1. The highest BCUT2D eigenvalue weighted by Crippen LogP contribution is 1.79. The van der Waals surface area contributed by atoms with Crippen molar-refractivity contribution in [1.29, 1.82) is 0 Å². The van der Waals surface area contributed by atoms with Gasteiger partial charge < -0.3 is 9.84 Å². The van der Waals surface area contributed by atoms with E-state index in [9.17, 15) is 4.79 Å². The zero-order valence-corrected chi connectivity index (χ0v) is 4.63. The van der Waals surface area contributed by atoms with E-state index >= 15 is 0 Å². The first-order valence-corrected chi connectivity index (χ1v) is 2.28. The average molecular weight is 119 g/mol. The fraction of sp³-hybridized carbons (Fsp3) is 0.750. The highest BCUT2D eigenvalue weighted by molar-refractivity contribution is 5.71. The van der Waals surface area contributed by atoms with Crippen molar-refractivity contribution in [3.8, 4) is 0 Å². The maximum absolute atomic E-state index is 9.84. The largest absolute Gasteiger partial charge is 0.478 e. The van der Waals surface area contributed by atoms with E-state index in [0.29, 0.717) is 6.61 Å². The fourth-order valence-electron chi connectivity index (χ4n) is 0.251. The van der Waals surface area contributed by atoms with E-state index < -0.39 is 12.2 Å². The van der Waals surface area contributed by atoms with E-state index in [1.54, 1.807) is 6.92 Å². The van der Waals surface area contributed by atoms with Gasteiger partial charge in [-0.15, -0.1) is 0 Å². The van der Waals surface area contributed by atoms with Crippen LogP contribution in [0.15, 0.2) is 0 Å². The molecule has 0 saturated heterocycles. The van der Waals surface area contributed by atoms with Crippen molar-refractivity contribution in [2.45, 2.75) is 13.2 Å². The average Bonchev–Trinajstić information content (AvgIpc) is 1.67. The molecule has 0 fully saturated rings. The van der Waals surface area contributed by atoms with Crippen molar-refractivity contribution in [3.05, 3.63) is 0 Å². The summed E-state index contributed by atoms with van der Waals surface area (Å²) in [6, 6.07) is 0. The van der Waals surface area contributed by atoms with E-state index in [-0.39, 0.29) is 0 Å². The Hall–Kier alpha value is -0.610. The van der Waals surface area contributed by atoms with Gasteiger partial charge in [-0.2, -0.15) is 0 Å². The molecule has 0 spiro atoms. The number of nitrogens with two attached hydrogens (primary N) is 1. The minimum absolute atomic E-state index is 0.327. The van der Waals surface area contributed by atoms with Crippen LogP contribution in [-0.4, -0.2) is 23.9 Å². The van der Waals surface area contributed by atoms with E-state index in [1.807, 2.05) is 0 Å². The Balaban J connectivity index is 3.32. The maximum atomic E-state index is 9.84. The second-order valence-corrected chi connectivity index (χ2v) is 1.21. The van der Waals surface area contributed by atoms with Gasteiger partial charge in [0.15, 0.2) is 0 Å². The lowest BCUT2D eigenvalue weighted by Gasteiger charge is -2.03. The number of rotatable bonds is 3. The Kier molecular flexibility index (Phi) is 3.14. The van der Waals surface area contributed by atoms with Crippen LogP contribution < -0.4 is 5.73 Å². The zero-order valence-electron chi connectivity index (χ0n) is 4.63. The van der Waals surface area contributed by atoms with Crippen molar-refractivity contribution in [2.24, 2.45) is 5.73 Å². The van der Waals surface area contributed by atoms with Crippen LogP contribution in [0.25, 0.3) is 0 Å². The van der Waals surface area contributed by atoms with Crippen molar-refractivity contribution >= 4 is 5.97 Å². The van der Waals surface area contributed by atoms with Crippen LogP contribution in [0, 0.1) is 0 Å². The molecule has 0 amide bonds. The van der Waals surface area contributed by atoms with Crippen molar-refractivity contribution in [3.63, 3.8) is 0 Å². The third-order valence-corrected chi connectivity index (χ3v) is 0.590. The van der Waals surface area contributed by atoms with Crippen LogP contribution in [0.2, 0.25) is 0 Å². The van der Waals surface area contributed by atoms with Gasteiger partial charge in [0.2, 0.25) is 6.23 Å². The minimum Gasteiger partial charge on any atom is -0.478 e. The Morgan fingerprint density at radius 3 is 2.62 bits per heavy atom. The molecule has 1 atom stereocenters. The van der Waals surface area contributed by atoms with Crippen LogP contribution in [0.4, 0.5) is 0 Å². The third-order valence-electron chi connectivity index (χ3n) is 0.590. The molecule has 0 rings (SSSR count). The molecular weight excluding hydrogens is 110 g/mol. The maximum Gasteiger partial charge on any atom is 0.347 e. The van der Waals surface area contributed by atoms with Crippen LogP contribution in [0.5, 0.6) is 0 Å². The molecule has 0 aromatic rings. The summed E-state index contributed by atoms with van der Waals surface area (Å²) in [7, 11) is 0. The lowest BCUT2D eigenvalue weighted by molar-refractivity contribution is -0.149. The molecule has 1 unspecified atom stereocenters. The molecule has 0 radical (unpaired) electrons. The van der Waals surface area contributed by atoms with Crippen LogP contribution in [0.1, 0.15) is 6.92 Å². The Labute approximate surface area is 47.2 Å². The van der Waals surface area contributed by atoms with Gasteiger partial charge in [-0.25, -0.2) is 4.79 Å². The highest BCUT2D eigenvalue weighted by atomic mass is 16.5. The summed E-state index contributed by atoms with van der Waals surface area (Å²) in [5.41, 5.74) is 4.91. The molecular formula is C4H9NO3. The van der Waals surface area contributed by atoms with Gasteiger partial charge in [0.1, 0.15) is 0 Å². The second kappa shape index (κ2) is 3.40. The molecule has 0 bridgehead atoms.